The number of benzene rings is 2. The number of carboxylic acids is 1. The van der Waals surface area contributed by atoms with E-state index >= 15 is 0 Å². The molecule has 0 saturated carbocycles. The number of hydrogen-bond acceptors (Lipinski definition) is 3. The average molecular weight is 351 g/mol. The van der Waals surface area contributed by atoms with Crippen LogP contribution in [-0.2, 0) is 4.79 Å². The molecule has 0 bridgehead atoms. The van der Waals surface area contributed by atoms with Gasteiger partial charge in [-0.1, -0.05) is 29.3 Å². The minimum atomic E-state index is -1.05. The fourth-order valence-electron chi connectivity index (χ4n) is 2.39. The highest BCUT2D eigenvalue weighted by Gasteiger charge is 2.29. The Morgan fingerprint density at radius 2 is 1.96 bits per heavy atom. The summed E-state index contributed by atoms with van der Waals surface area (Å²) >= 11 is 12.0. The van der Waals surface area contributed by atoms with Gasteiger partial charge in [0.05, 0.1) is 22.7 Å². The topological polar surface area (TPSA) is 55.8 Å². The number of carbonyl (C=O) groups is 1. The minimum absolute atomic E-state index is 0.126. The van der Waals surface area contributed by atoms with E-state index in [4.69, 9.17) is 32.7 Å². The van der Waals surface area contributed by atoms with E-state index in [2.05, 4.69) is 0 Å². The van der Waals surface area contributed by atoms with Gasteiger partial charge in [-0.25, -0.2) is 4.79 Å². The number of aliphatic carboxylic acids is 1. The second-order valence-electron chi connectivity index (χ2n) is 4.98. The molecule has 1 atom stereocenters. The Morgan fingerprint density at radius 3 is 2.61 bits per heavy atom. The lowest BCUT2D eigenvalue weighted by Crippen LogP contribution is -2.20. The van der Waals surface area contributed by atoms with E-state index in [0.717, 1.165) is 0 Å². The third-order valence-electron chi connectivity index (χ3n) is 3.55. The molecule has 2 aromatic carbocycles. The van der Waals surface area contributed by atoms with E-state index < -0.39 is 12.1 Å². The van der Waals surface area contributed by atoms with Crippen molar-refractivity contribution < 1.29 is 19.4 Å². The summed E-state index contributed by atoms with van der Waals surface area (Å²) < 4.78 is 11.1. The molecule has 0 spiro atoms. The number of ether oxygens (including phenoxy) is 2. The number of halogens is 2. The van der Waals surface area contributed by atoms with Gasteiger partial charge in [0, 0.05) is 11.6 Å². The number of hydrogen-bond donors (Lipinski definition) is 1. The molecule has 0 aliphatic carbocycles. The Hall–Kier alpha value is -2.17. The maximum atomic E-state index is 11.6. The van der Waals surface area contributed by atoms with Crippen LogP contribution in [-0.4, -0.2) is 18.2 Å². The average Bonchev–Trinajstić information content (AvgIpc) is 2.55. The van der Waals surface area contributed by atoms with Crippen LogP contribution >= 0.6 is 23.2 Å². The fourth-order valence-corrected chi connectivity index (χ4v) is 2.70. The van der Waals surface area contributed by atoms with Crippen LogP contribution in [0.1, 0.15) is 17.2 Å². The summed E-state index contributed by atoms with van der Waals surface area (Å²) in [5.74, 6) is 0.122. The summed E-state index contributed by atoms with van der Waals surface area (Å²) in [5.41, 5.74) is 1.42. The maximum Gasteiger partial charge on any atom is 0.335 e. The Bertz CT molecular complexity index is 814. The van der Waals surface area contributed by atoms with E-state index in [-0.39, 0.29) is 5.57 Å². The van der Waals surface area contributed by atoms with Crippen molar-refractivity contribution in [2.45, 2.75) is 6.10 Å². The van der Waals surface area contributed by atoms with E-state index in [9.17, 15) is 9.90 Å². The summed E-state index contributed by atoms with van der Waals surface area (Å²) in [7, 11) is 1.56. The molecule has 23 heavy (non-hydrogen) atoms. The second kappa shape index (κ2) is 6.14. The minimum Gasteiger partial charge on any atom is -0.497 e. The van der Waals surface area contributed by atoms with Crippen LogP contribution in [0.2, 0.25) is 10.0 Å². The van der Waals surface area contributed by atoms with Crippen LogP contribution in [0.3, 0.4) is 0 Å². The second-order valence-corrected chi connectivity index (χ2v) is 5.79. The molecule has 6 heteroatoms. The lowest BCUT2D eigenvalue weighted by molar-refractivity contribution is -0.133. The zero-order valence-electron chi connectivity index (χ0n) is 12.0. The molecule has 118 valence electrons. The summed E-state index contributed by atoms with van der Waals surface area (Å²) in [6, 6.07) is 10.1. The molecule has 0 saturated heterocycles. The van der Waals surface area contributed by atoms with Crippen molar-refractivity contribution in [1.82, 2.24) is 0 Å². The zero-order chi connectivity index (χ0) is 16.6. The molecule has 0 radical (unpaired) electrons. The first kappa shape index (κ1) is 15.7. The van der Waals surface area contributed by atoms with Gasteiger partial charge in [0.2, 0.25) is 0 Å². The molecule has 0 aromatic heterocycles. The van der Waals surface area contributed by atoms with Crippen molar-refractivity contribution in [2.24, 2.45) is 0 Å². The number of rotatable bonds is 3. The Kier molecular flexibility index (Phi) is 4.20. The van der Waals surface area contributed by atoms with Crippen LogP contribution in [0.5, 0.6) is 11.5 Å². The molecular weight excluding hydrogens is 339 g/mol. The maximum absolute atomic E-state index is 11.6. The van der Waals surface area contributed by atoms with Gasteiger partial charge in [0.1, 0.15) is 11.5 Å². The molecule has 0 amide bonds. The number of fused-ring (bicyclic) bond motifs is 1. The SMILES string of the molecule is COc1ccc2c(c1)OC(c1ccc(Cl)c(Cl)c1)C(C(=O)O)=C2. The predicted octanol–water partition coefficient (Wildman–Crippen LogP) is 4.60. The predicted molar refractivity (Wildman–Crippen MR) is 88.4 cm³/mol. The smallest absolute Gasteiger partial charge is 0.335 e. The quantitative estimate of drug-likeness (QED) is 0.878. The van der Waals surface area contributed by atoms with E-state index in [1.165, 1.54) is 0 Å². The van der Waals surface area contributed by atoms with Crippen molar-refractivity contribution in [3.63, 3.8) is 0 Å². The Morgan fingerprint density at radius 1 is 1.17 bits per heavy atom. The van der Waals surface area contributed by atoms with Crippen molar-refractivity contribution in [2.75, 3.05) is 7.11 Å². The van der Waals surface area contributed by atoms with E-state index in [1.807, 2.05) is 0 Å². The van der Waals surface area contributed by atoms with Crippen molar-refractivity contribution in [3.8, 4) is 11.5 Å². The molecule has 1 heterocycles. The zero-order valence-corrected chi connectivity index (χ0v) is 13.6. The molecule has 2 aromatic rings. The third kappa shape index (κ3) is 3.00. The highest BCUT2D eigenvalue weighted by Crippen LogP contribution is 2.40. The van der Waals surface area contributed by atoms with Crippen molar-refractivity contribution >= 4 is 35.2 Å². The third-order valence-corrected chi connectivity index (χ3v) is 4.29. The standard InChI is InChI=1S/C17H12Cl2O4/c1-22-11-4-2-9-6-12(17(20)21)16(23-15(9)8-11)10-3-5-13(18)14(19)7-10/h2-8,16H,1H3,(H,20,21). The van der Waals surface area contributed by atoms with Gasteiger partial charge in [0.25, 0.3) is 0 Å². The lowest BCUT2D eigenvalue weighted by Gasteiger charge is -2.26. The molecule has 1 aliphatic rings. The van der Waals surface area contributed by atoms with E-state index in [0.29, 0.717) is 32.7 Å². The van der Waals surface area contributed by atoms with Crippen LogP contribution in [0.15, 0.2) is 42.0 Å². The van der Waals surface area contributed by atoms with Gasteiger partial charge in [0.15, 0.2) is 6.10 Å². The monoisotopic (exact) mass is 350 g/mol. The molecule has 4 nitrogen and oxygen atoms in total. The van der Waals surface area contributed by atoms with Crippen LogP contribution < -0.4 is 9.47 Å². The molecule has 0 fully saturated rings. The van der Waals surface area contributed by atoms with Gasteiger partial charge in [-0.15, -0.1) is 0 Å². The first-order valence-electron chi connectivity index (χ1n) is 6.74. The Balaban J connectivity index is 2.09. The Labute approximate surface area is 142 Å². The molecular formula is C17H12Cl2O4. The summed E-state index contributed by atoms with van der Waals surface area (Å²) in [4.78, 5) is 11.6. The summed E-state index contributed by atoms with van der Waals surface area (Å²) in [6.07, 6.45) is 0.815. The van der Waals surface area contributed by atoms with Crippen molar-refractivity contribution in [3.05, 3.63) is 63.1 Å². The highest BCUT2D eigenvalue weighted by atomic mass is 35.5. The van der Waals surface area contributed by atoms with Gasteiger partial charge in [-0.2, -0.15) is 0 Å². The normalized spacial score (nSPS) is 16.1. The molecule has 1 aliphatic heterocycles. The van der Waals surface area contributed by atoms with Crippen LogP contribution in [0.4, 0.5) is 0 Å². The summed E-state index contributed by atoms with van der Waals surface area (Å²) in [5, 5.41) is 10.2. The first-order valence-corrected chi connectivity index (χ1v) is 7.49. The number of carboxylic acid groups (broad SMARTS) is 1. The van der Waals surface area contributed by atoms with Crippen LogP contribution in [0.25, 0.3) is 6.08 Å². The van der Waals surface area contributed by atoms with Gasteiger partial charge >= 0.3 is 5.97 Å². The van der Waals surface area contributed by atoms with Gasteiger partial charge in [-0.3, -0.25) is 0 Å². The van der Waals surface area contributed by atoms with Gasteiger partial charge < -0.3 is 14.6 Å². The van der Waals surface area contributed by atoms with Gasteiger partial charge in [-0.05, 0) is 35.9 Å². The fraction of sp³-hybridized carbons (Fsp3) is 0.118. The van der Waals surface area contributed by atoms with Crippen molar-refractivity contribution in [1.29, 1.82) is 0 Å². The largest absolute Gasteiger partial charge is 0.497 e. The van der Waals surface area contributed by atoms with Crippen LogP contribution in [0, 0.1) is 0 Å². The number of methoxy groups -OCH3 is 1. The molecule has 3 rings (SSSR count). The molecule has 1 N–H and O–H groups in total. The first-order chi connectivity index (χ1) is 11.0. The molecule has 1 unspecified atom stereocenters. The summed E-state index contributed by atoms with van der Waals surface area (Å²) in [6.45, 7) is 0. The highest BCUT2D eigenvalue weighted by molar-refractivity contribution is 6.42. The van der Waals surface area contributed by atoms with E-state index in [1.54, 1.807) is 49.6 Å². The lowest BCUT2D eigenvalue weighted by atomic mass is 9.96.